The van der Waals surface area contributed by atoms with Gasteiger partial charge in [0, 0.05) is 18.5 Å². The number of fused-ring (bicyclic) bond motifs is 2. The molecule has 2 amide bonds. The molecule has 0 saturated carbocycles. The highest BCUT2D eigenvalue weighted by Gasteiger charge is 2.16. The van der Waals surface area contributed by atoms with Gasteiger partial charge in [-0.3, -0.25) is 0 Å². The van der Waals surface area contributed by atoms with E-state index in [-0.39, 0.29) is 5.54 Å². The van der Waals surface area contributed by atoms with E-state index in [9.17, 15) is 9.59 Å². The summed E-state index contributed by atoms with van der Waals surface area (Å²) in [7, 11) is 0. The number of benzene rings is 4. The van der Waals surface area contributed by atoms with E-state index in [4.69, 9.17) is 18.9 Å². The van der Waals surface area contributed by atoms with E-state index < -0.39 is 17.8 Å². The lowest BCUT2D eigenvalue weighted by molar-refractivity contribution is 0.0528. The van der Waals surface area contributed by atoms with Crippen molar-refractivity contribution in [3.05, 3.63) is 83.9 Å². The molecule has 0 heterocycles. The van der Waals surface area contributed by atoms with Gasteiger partial charge in [-0.1, -0.05) is 48.5 Å². The zero-order valence-electron chi connectivity index (χ0n) is 28.0. The molecule has 0 saturated heterocycles. The number of hydrogen-bond acceptors (Lipinski definition) is 6. The third kappa shape index (κ3) is 11.2. The van der Waals surface area contributed by atoms with Crippen molar-refractivity contribution in [3.8, 4) is 11.5 Å². The number of amides is 2. The number of nitrogens with one attached hydrogen (secondary N) is 2. The van der Waals surface area contributed by atoms with Crippen LogP contribution in [0.3, 0.4) is 0 Å². The molecule has 0 unspecified atom stereocenters. The van der Waals surface area contributed by atoms with Gasteiger partial charge in [0.25, 0.3) is 0 Å². The molecule has 2 N–H and O–H groups in total. The second-order valence-electron chi connectivity index (χ2n) is 13.4. The zero-order valence-corrected chi connectivity index (χ0v) is 28.0. The SMILES string of the molecule is CC(C)(C)NC(=O)OCCc1cccc2ccc(OCCCCOc3ccc4cccc(CCNC(=O)OC(C)(C)C)c4c3)cc12. The van der Waals surface area contributed by atoms with E-state index in [1.54, 1.807) is 0 Å². The first-order valence-electron chi connectivity index (χ1n) is 16.1. The number of carbonyl (C=O) groups excluding carboxylic acids is 2. The van der Waals surface area contributed by atoms with Crippen molar-refractivity contribution >= 4 is 33.7 Å². The minimum absolute atomic E-state index is 0.302. The molecule has 246 valence electrons. The minimum atomic E-state index is -0.521. The summed E-state index contributed by atoms with van der Waals surface area (Å²) in [6.07, 6.45) is 2.20. The lowest BCUT2D eigenvalue weighted by Crippen LogP contribution is -2.41. The van der Waals surface area contributed by atoms with Gasteiger partial charge < -0.3 is 29.6 Å². The Balaban J connectivity index is 1.23. The van der Waals surface area contributed by atoms with Crippen LogP contribution in [0, 0.1) is 0 Å². The van der Waals surface area contributed by atoms with Crippen LogP contribution in [0.4, 0.5) is 9.59 Å². The summed E-state index contributed by atoms with van der Waals surface area (Å²) in [4.78, 5) is 24.0. The molecule has 46 heavy (non-hydrogen) atoms. The van der Waals surface area contributed by atoms with E-state index in [0.717, 1.165) is 57.0 Å². The molecule has 0 bridgehead atoms. The van der Waals surface area contributed by atoms with Gasteiger partial charge in [0.2, 0.25) is 0 Å². The molecule has 8 nitrogen and oxygen atoms in total. The molecular formula is C38H48N2O6. The van der Waals surface area contributed by atoms with Gasteiger partial charge in [0.1, 0.15) is 17.1 Å². The summed E-state index contributed by atoms with van der Waals surface area (Å²) in [5.74, 6) is 1.64. The fourth-order valence-electron chi connectivity index (χ4n) is 5.04. The average molecular weight is 629 g/mol. The zero-order chi connectivity index (χ0) is 33.2. The van der Waals surface area contributed by atoms with Crippen LogP contribution in [0.5, 0.6) is 11.5 Å². The lowest BCUT2D eigenvalue weighted by Gasteiger charge is -2.20. The largest absolute Gasteiger partial charge is 0.494 e. The molecule has 4 aromatic rings. The number of ether oxygens (including phenoxy) is 4. The fourth-order valence-corrected chi connectivity index (χ4v) is 5.04. The standard InChI is InChI=1S/C38H48N2O6/c1-37(2,3)40-36(42)45-24-20-30-14-10-12-28-16-18-32(26-34(28)30)44-23-8-7-22-43-31-17-15-27-11-9-13-29(33(27)25-31)19-21-39-35(41)46-38(4,5)6/h9-18,25-26H,7-8,19-24H2,1-6H3,(H,39,41)(H,40,42). The van der Waals surface area contributed by atoms with Crippen molar-refractivity contribution in [1.82, 2.24) is 10.6 Å². The van der Waals surface area contributed by atoms with Crippen LogP contribution in [0.15, 0.2) is 72.8 Å². The summed E-state index contributed by atoms with van der Waals surface area (Å²) >= 11 is 0. The van der Waals surface area contributed by atoms with E-state index >= 15 is 0 Å². The quantitative estimate of drug-likeness (QED) is 0.145. The van der Waals surface area contributed by atoms with Crippen LogP contribution in [-0.2, 0) is 22.3 Å². The van der Waals surface area contributed by atoms with Gasteiger partial charge in [-0.05, 0) is 118 Å². The lowest BCUT2D eigenvalue weighted by atomic mass is 10.0. The second-order valence-corrected chi connectivity index (χ2v) is 13.4. The topological polar surface area (TPSA) is 95.1 Å². The molecule has 4 aromatic carbocycles. The van der Waals surface area contributed by atoms with Crippen molar-refractivity contribution in [3.63, 3.8) is 0 Å². The number of unbranched alkanes of at least 4 members (excludes halogenated alkanes) is 1. The highest BCUT2D eigenvalue weighted by molar-refractivity contribution is 5.88. The number of alkyl carbamates (subject to hydrolysis) is 2. The summed E-state index contributed by atoms with van der Waals surface area (Å²) < 4.78 is 22.9. The van der Waals surface area contributed by atoms with Crippen molar-refractivity contribution in [1.29, 1.82) is 0 Å². The predicted molar refractivity (Wildman–Crippen MR) is 184 cm³/mol. The summed E-state index contributed by atoms with van der Waals surface area (Å²) in [5, 5.41) is 10.1. The van der Waals surface area contributed by atoms with Crippen LogP contribution < -0.4 is 20.1 Å². The Morgan fingerprint density at radius 2 is 1.20 bits per heavy atom. The maximum atomic E-state index is 12.0. The van der Waals surface area contributed by atoms with Crippen molar-refractivity contribution < 1.29 is 28.5 Å². The van der Waals surface area contributed by atoms with Gasteiger partial charge in [-0.25, -0.2) is 9.59 Å². The Morgan fingerprint density at radius 3 is 1.72 bits per heavy atom. The van der Waals surface area contributed by atoms with Crippen molar-refractivity contribution in [2.75, 3.05) is 26.4 Å². The first-order valence-corrected chi connectivity index (χ1v) is 16.1. The van der Waals surface area contributed by atoms with E-state index in [2.05, 4.69) is 59.2 Å². The van der Waals surface area contributed by atoms with Crippen LogP contribution >= 0.6 is 0 Å². The predicted octanol–water partition coefficient (Wildman–Crippen LogP) is 8.37. The summed E-state index contributed by atoms with van der Waals surface area (Å²) in [6.45, 7) is 13.3. The second kappa shape index (κ2) is 15.7. The number of hydrogen-bond donors (Lipinski definition) is 2. The molecule has 0 spiro atoms. The molecule has 8 heteroatoms. The Hall–Kier alpha value is -4.46. The number of rotatable bonds is 13. The van der Waals surface area contributed by atoms with Crippen LogP contribution in [0.25, 0.3) is 21.5 Å². The van der Waals surface area contributed by atoms with E-state index in [1.165, 1.54) is 0 Å². The third-order valence-corrected chi connectivity index (χ3v) is 7.11. The molecule has 0 atom stereocenters. The molecular weight excluding hydrogens is 580 g/mol. The van der Waals surface area contributed by atoms with E-state index in [0.29, 0.717) is 39.2 Å². The average Bonchev–Trinajstić information content (AvgIpc) is 2.97. The van der Waals surface area contributed by atoms with Crippen LogP contribution in [0.2, 0.25) is 0 Å². The van der Waals surface area contributed by atoms with Gasteiger partial charge in [0.15, 0.2) is 0 Å². The van der Waals surface area contributed by atoms with Crippen LogP contribution in [0.1, 0.15) is 65.5 Å². The maximum absolute atomic E-state index is 12.0. The number of carbonyl (C=O) groups is 2. The fraction of sp³-hybridized carbons (Fsp3) is 0.421. The van der Waals surface area contributed by atoms with Gasteiger partial charge in [-0.15, -0.1) is 0 Å². The van der Waals surface area contributed by atoms with Gasteiger partial charge >= 0.3 is 12.2 Å². The normalized spacial score (nSPS) is 11.7. The Bertz CT molecular complexity index is 1500. The van der Waals surface area contributed by atoms with Crippen molar-refractivity contribution in [2.24, 2.45) is 0 Å². The molecule has 0 aliphatic carbocycles. The van der Waals surface area contributed by atoms with E-state index in [1.807, 2.05) is 65.8 Å². The summed E-state index contributed by atoms with van der Waals surface area (Å²) in [5.41, 5.74) is 1.40. The Kier molecular flexibility index (Phi) is 11.7. The maximum Gasteiger partial charge on any atom is 0.407 e. The highest BCUT2D eigenvalue weighted by atomic mass is 16.6. The smallest absolute Gasteiger partial charge is 0.407 e. The van der Waals surface area contributed by atoms with Crippen molar-refractivity contribution in [2.45, 2.75) is 78.4 Å². The molecule has 0 aliphatic heterocycles. The molecule has 0 radical (unpaired) electrons. The summed E-state index contributed by atoms with van der Waals surface area (Å²) in [6, 6.07) is 24.6. The first kappa shape index (κ1) is 34.4. The van der Waals surface area contributed by atoms with Gasteiger partial charge in [0.05, 0.1) is 19.8 Å². The monoisotopic (exact) mass is 628 g/mol. The molecule has 4 rings (SSSR count). The molecule has 0 aromatic heterocycles. The highest BCUT2D eigenvalue weighted by Crippen LogP contribution is 2.26. The first-order chi connectivity index (χ1) is 21.9. The van der Waals surface area contributed by atoms with Crippen LogP contribution in [-0.4, -0.2) is 49.7 Å². The Labute approximate surface area is 272 Å². The molecule has 0 fully saturated rings. The third-order valence-electron chi connectivity index (χ3n) is 7.11. The minimum Gasteiger partial charge on any atom is -0.494 e. The van der Waals surface area contributed by atoms with Gasteiger partial charge in [-0.2, -0.15) is 0 Å². The Morgan fingerprint density at radius 1 is 0.652 bits per heavy atom. The molecule has 0 aliphatic rings.